The van der Waals surface area contributed by atoms with Crippen molar-refractivity contribution in [2.75, 3.05) is 61.6 Å². The Hall–Kier alpha value is -3.71. The summed E-state index contributed by atoms with van der Waals surface area (Å²) in [5.74, 6) is 0.381. The second-order valence-corrected chi connectivity index (χ2v) is 23.7. The van der Waals surface area contributed by atoms with E-state index in [2.05, 4.69) is 60.7 Å². The lowest BCUT2D eigenvalue weighted by atomic mass is 9.72. The third kappa shape index (κ3) is 11.8. The Balaban J connectivity index is 0.964. The zero-order valence-electron chi connectivity index (χ0n) is 38.4. The summed E-state index contributed by atoms with van der Waals surface area (Å²) < 4.78 is 109. The van der Waals surface area contributed by atoms with Crippen LogP contribution in [0.5, 0.6) is 0 Å². The summed E-state index contributed by atoms with van der Waals surface area (Å²) in [5, 5.41) is 3.78. The Labute approximate surface area is 398 Å². The number of nitrogens with zero attached hydrogens (tertiary/aromatic N) is 5. The van der Waals surface area contributed by atoms with Gasteiger partial charge in [0.25, 0.3) is 19.9 Å². The lowest BCUT2D eigenvalue weighted by Crippen LogP contribution is -2.47. The van der Waals surface area contributed by atoms with Gasteiger partial charge in [0.1, 0.15) is 17.0 Å². The van der Waals surface area contributed by atoms with Gasteiger partial charge in [0.05, 0.1) is 16.3 Å². The Kier molecular flexibility index (Phi) is 14.7. The number of thioether (sulfide) groups is 1. The van der Waals surface area contributed by atoms with E-state index in [0.717, 1.165) is 81.9 Å². The van der Waals surface area contributed by atoms with Gasteiger partial charge in [0, 0.05) is 60.8 Å². The van der Waals surface area contributed by atoms with E-state index in [9.17, 15) is 31.4 Å². The fraction of sp³-hybridized carbons (Fsp3) is 0.500. The van der Waals surface area contributed by atoms with Crippen molar-refractivity contribution in [1.82, 2.24) is 24.7 Å². The molecule has 4 heterocycles. The summed E-state index contributed by atoms with van der Waals surface area (Å²) in [4.78, 5) is 14.6. The molecular formula is C48H59ClF3N7O4S3. The molecule has 3 aromatic carbocycles. The van der Waals surface area contributed by atoms with Crippen molar-refractivity contribution >= 4 is 60.3 Å². The SMILES string of the molecule is [2H]C1(N2CCc3c(ncnc3NS(=O)(=O)c3ccc(NC(CCN4CCCC4)CSc4ccccc4)c(S(=O)(=O)C(F)(F)F)c3)C2)CCN(CC2=C(c3ccc(Cl)cc3)CC(C)(C)CC2)CC1. The molecule has 11 nitrogen and oxygen atoms in total. The monoisotopic (exact) mass is 986 g/mol. The van der Waals surface area contributed by atoms with Crippen LogP contribution in [-0.4, -0.2) is 111 Å². The third-order valence-corrected chi connectivity index (χ3v) is 17.6. The Bertz CT molecular complexity index is 2650. The zero-order chi connectivity index (χ0) is 47.6. The molecule has 4 aliphatic rings. The van der Waals surface area contributed by atoms with E-state index in [-0.39, 0.29) is 23.5 Å². The average Bonchev–Trinajstić information content (AvgIpc) is 3.83. The summed E-state index contributed by atoms with van der Waals surface area (Å²) >= 11 is 7.72. The molecule has 2 saturated heterocycles. The van der Waals surface area contributed by atoms with Crippen molar-refractivity contribution in [3.05, 3.63) is 107 Å². The molecule has 18 heteroatoms. The zero-order valence-corrected chi connectivity index (χ0v) is 40.6. The molecule has 1 aromatic heterocycles. The number of sulfonamides is 1. The number of fused-ring (bicyclic) bond motifs is 1. The van der Waals surface area contributed by atoms with Gasteiger partial charge in [-0.3, -0.25) is 14.5 Å². The van der Waals surface area contributed by atoms with E-state index in [4.69, 9.17) is 11.6 Å². The molecule has 4 aromatic rings. The highest BCUT2D eigenvalue weighted by atomic mass is 35.5. The number of piperidine rings is 1. The minimum Gasteiger partial charge on any atom is -0.380 e. The van der Waals surface area contributed by atoms with Gasteiger partial charge in [-0.15, -0.1) is 11.8 Å². The number of sulfone groups is 1. The predicted octanol–water partition coefficient (Wildman–Crippen LogP) is 9.77. The minimum absolute atomic E-state index is 0.0405. The maximum Gasteiger partial charge on any atom is 0.501 e. The van der Waals surface area contributed by atoms with E-state index in [1.165, 1.54) is 34.8 Å². The number of aromatic nitrogens is 2. The van der Waals surface area contributed by atoms with Crippen LogP contribution < -0.4 is 10.0 Å². The summed E-state index contributed by atoms with van der Waals surface area (Å²) in [6.45, 7) is 10.2. The number of likely N-dealkylation sites (tertiary alicyclic amines) is 2. The Morgan fingerprint density at radius 1 is 0.924 bits per heavy atom. The first-order valence-electron chi connectivity index (χ1n) is 23.2. The lowest BCUT2D eigenvalue weighted by molar-refractivity contribution is -0.0435. The molecule has 0 radical (unpaired) electrons. The summed E-state index contributed by atoms with van der Waals surface area (Å²) in [6.07, 6.45) is 8.53. The molecule has 0 saturated carbocycles. The van der Waals surface area contributed by atoms with Gasteiger partial charge in [-0.05, 0) is 143 Å². The standard InChI is InChI=1S/C48H59ClF3N7O4S3/c1-47(2)21-16-35(42(29-47)34-10-12-36(49)13-11-34)30-58-25-18-38(19-26-58)59-27-20-41-44(31-59)53-33-54-46(41)56-66(62,63)40-14-15-43(45(28-40)65(60,61)48(50,51)52)55-37(17-24-57-22-6-7-23-57)32-64-39-8-4-3-5-9-39/h3-5,8-15,28,33,37-38,55H,6-7,16-27,29-32H2,1-2H3,(H,53,54,56)/i38D. The van der Waals surface area contributed by atoms with Crippen molar-refractivity contribution in [2.24, 2.45) is 5.41 Å². The summed E-state index contributed by atoms with van der Waals surface area (Å²) in [5.41, 5.74) is -0.726. The predicted molar refractivity (Wildman–Crippen MR) is 257 cm³/mol. The molecule has 0 spiro atoms. The number of alkyl halides is 3. The maximum atomic E-state index is 14.3. The van der Waals surface area contributed by atoms with Gasteiger partial charge in [0.2, 0.25) is 0 Å². The highest BCUT2D eigenvalue weighted by molar-refractivity contribution is 7.99. The van der Waals surface area contributed by atoms with Crippen molar-refractivity contribution in [3.63, 3.8) is 0 Å². The molecule has 0 bridgehead atoms. The Morgan fingerprint density at radius 3 is 2.36 bits per heavy atom. The molecule has 66 heavy (non-hydrogen) atoms. The number of allylic oxidation sites excluding steroid dienone is 1. The van der Waals surface area contributed by atoms with Crippen molar-refractivity contribution in [1.29, 1.82) is 0 Å². The van der Waals surface area contributed by atoms with Gasteiger partial charge >= 0.3 is 5.51 Å². The van der Waals surface area contributed by atoms with Crippen molar-refractivity contribution in [3.8, 4) is 0 Å². The van der Waals surface area contributed by atoms with Crippen LogP contribution in [0.15, 0.2) is 99.4 Å². The quantitative estimate of drug-likeness (QED) is 0.104. The summed E-state index contributed by atoms with van der Waals surface area (Å²) in [6, 6.07) is 19.1. The van der Waals surface area contributed by atoms with E-state index >= 15 is 0 Å². The van der Waals surface area contributed by atoms with Crippen LogP contribution in [0.2, 0.25) is 5.02 Å². The number of anilines is 2. The van der Waals surface area contributed by atoms with Gasteiger partial charge in [-0.1, -0.05) is 61.4 Å². The molecule has 2 N–H and O–H groups in total. The molecular weight excluding hydrogens is 927 g/mol. The van der Waals surface area contributed by atoms with E-state index in [1.54, 1.807) is 0 Å². The maximum absolute atomic E-state index is 14.3. The van der Waals surface area contributed by atoms with Gasteiger partial charge in [-0.25, -0.2) is 26.8 Å². The lowest BCUT2D eigenvalue weighted by Gasteiger charge is -2.41. The molecule has 356 valence electrons. The van der Waals surface area contributed by atoms with Gasteiger partial charge in [-0.2, -0.15) is 13.2 Å². The first-order valence-corrected chi connectivity index (χ1v) is 27.0. The first-order chi connectivity index (χ1) is 31.8. The van der Waals surface area contributed by atoms with Crippen LogP contribution in [0.25, 0.3) is 5.57 Å². The minimum atomic E-state index is -6.00. The molecule has 3 aliphatic heterocycles. The first kappa shape index (κ1) is 47.4. The number of halogens is 4. The fourth-order valence-electron chi connectivity index (χ4n) is 9.53. The van der Waals surface area contributed by atoms with Crippen LogP contribution in [0, 0.1) is 5.41 Å². The highest BCUT2D eigenvalue weighted by Gasteiger charge is 2.48. The van der Waals surface area contributed by atoms with Crippen LogP contribution in [0.3, 0.4) is 0 Å². The van der Waals surface area contributed by atoms with Crippen LogP contribution in [0.4, 0.5) is 24.7 Å². The number of nitrogens with one attached hydrogen (secondary N) is 2. The molecule has 0 amide bonds. The van der Waals surface area contributed by atoms with E-state index in [1.807, 2.05) is 42.5 Å². The Morgan fingerprint density at radius 2 is 1.65 bits per heavy atom. The third-order valence-electron chi connectivity index (χ3n) is 13.3. The van der Waals surface area contributed by atoms with E-state index in [0.29, 0.717) is 66.9 Å². The van der Waals surface area contributed by atoms with Crippen molar-refractivity contribution in [2.45, 2.75) is 110 Å². The molecule has 1 unspecified atom stereocenters. The van der Waals surface area contributed by atoms with Gasteiger partial charge in [0.15, 0.2) is 0 Å². The average molecular weight is 988 g/mol. The smallest absolute Gasteiger partial charge is 0.380 e. The second kappa shape index (κ2) is 20.5. The number of hydrogen-bond acceptors (Lipinski definition) is 11. The van der Waals surface area contributed by atoms with Crippen LogP contribution >= 0.6 is 23.4 Å². The normalized spacial score (nSPS) is 20.4. The van der Waals surface area contributed by atoms with Crippen LogP contribution in [0.1, 0.15) is 83.4 Å². The largest absolute Gasteiger partial charge is 0.501 e. The van der Waals surface area contributed by atoms with Gasteiger partial charge < -0.3 is 10.2 Å². The number of hydrogen-bond donors (Lipinski definition) is 2. The van der Waals surface area contributed by atoms with Crippen LogP contribution in [-0.2, 0) is 32.8 Å². The molecule has 2 fully saturated rings. The highest BCUT2D eigenvalue weighted by Crippen LogP contribution is 2.44. The fourth-order valence-corrected chi connectivity index (χ4v) is 12.7. The summed E-state index contributed by atoms with van der Waals surface area (Å²) in [7, 11) is -10.7. The second-order valence-electron chi connectivity index (χ2n) is 18.6. The van der Waals surface area contributed by atoms with Crippen molar-refractivity contribution < 1.29 is 31.4 Å². The number of rotatable bonds is 16. The van der Waals surface area contributed by atoms with E-state index < -0.39 is 47.2 Å². The molecule has 1 aliphatic carbocycles. The molecule has 1 atom stereocenters. The number of benzene rings is 3. The molecule has 8 rings (SSSR count). The topological polar surface area (TPSA) is 128 Å².